The molecule has 0 aromatic heterocycles. The summed E-state index contributed by atoms with van der Waals surface area (Å²) in [5.74, 6) is 0.142. The van der Waals surface area contributed by atoms with Crippen LogP contribution in [-0.2, 0) is 24.3 Å². The Morgan fingerprint density at radius 3 is 3.00 bits per heavy atom. The predicted molar refractivity (Wildman–Crippen MR) is 90.1 cm³/mol. The van der Waals surface area contributed by atoms with Crippen LogP contribution < -0.4 is 14.8 Å². The van der Waals surface area contributed by atoms with Gasteiger partial charge in [-0.2, -0.15) is 0 Å². The van der Waals surface area contributed by atoms with Gasteiger partial charge in [-0.1, -0.05) is 0 Å². The lowest BCUT2D eigenvalue weighted by Gasteiger charge is -2.23. The van der Waals surface area contributed by atoms with Crippen molar-refractivity contribution in [3.63, 3.8) is 0 Å². The Hall–Kier alpha value is -1.68. The van der Waals surface area contributed by atoms with E-state index in [0.29, 0.717) is 18.0 Å². The van der Waals surface area contributed by atoms with Crippen LogP contribution in [0, 0.1) is 0 Å². The van der Waals surface area contributed by atoms with E-state index in [-0.39, 0.29) is 30.1 Å². The van der Waals surface area contributed by atoms with Gasteiger partial charge in [-0.25, -0.2) is 13.1 Å². The smallest absolute Gasteiger partial charge is 0.265 e. The third-order valence-corrected chi connectivity index (χ3v) is 5.52. The number of ether oxygens (including phenoxy) is 3. The summed E-state index contributed by atoms with van der Waals surface area (Å²) in [7, 11) is -3.69. The fourth-order valence-corrected chi connectivity index (χ4v) is 3.72. The SMILES string of the molecule is C[C@H]1Oc2ccc(S(=O)(=O)NCCOC[C@@H]3CCCO3)cc2NC1=O. The zero-order valence-electron chi connectivity index (χ0n) is 14.0. The van der Waals surface area contributed by atoms with E-state index in [0.717, 1.165) is 19.4 Å². The molecule has 1 fully saturated rings. The van der Waals surface area contributed by atoms with E-state index < -0.39 is 16.1 Å². The van der Waals surface area contributed by atoms with Crippen molar-refractivity contribution in [3.8, 4) is 5.75 Å². The second kappa shape index (κ2) is 7.69. The number of carbonyl (C=O) groups is 1. The van der Waals surface area contributed by atoms with Crippen molar-refractivity contribution >= 4 is 21.6 Å². The lowest BCUT2D eigenvalue weighted by molar-refractivity contribution is -0.122. The van der Waals surface area contributed by atoms with E-state index in [1.54, 1.807) is 6.92 Å². The molecule has 1 saturated heterocycles. The molecule has 138 valence electrons. The van der Waals surface area contributed by atoms with Gasteiger partial charge in [-0.05, 0) is 38.0 Å². The van der Waals surface area contributed by atoms with E-state index >= 15 is 0 Å². The maximum atomic E-state index is 12.3. The van der Waals surface area contributed by atoms with Gasteiger partial charge in [0.15, 0.2) is 6.10 Å². The topological polar surface area (TPSA) is 103 Å². The minimum absolute atomic E-state index is 0.0591. The first kappa shape index (κ1) is 18.1. The predicted octanol–water partition coefficient (Wildman–Crippen LogP) is 0.880. The van der Waals surface area contributed by atoms with Gasteiger partial charge in [-0.3, -0.25) is 4.79 Å². The van der Waals surface area contributed by atoms with E-state index in [1.807, 2.05) is 0 Å². The van der Waals surface area contributed by atoms with Gasteiger partial charge in [0.2, 0.25) is 10.0 Å². The monoisotopic (exact) mass is 370 g/mol. The highest BCUT2D eigenvalue weighted by atomic mass is 32.2. The lowest BCUT2D eigenvalue weighted by Crippen LogP contribution is -2.34. The van der Waals surface area contributed by atoms with Gasteiger partial charge in [0.1, 0.15) is 5.75 Å². The average molecular weight is 370 g/mol. The largest absolute Gasteiger partial charge is 0.479 e. The standard InChI is InChI=1S/C16H22N2O6S/c1-11-16(19)18-14-9-13(4-5-15(14)24-11)25(20,21)17-6-8-22-10-12-3-2-7-23-12/h4-5,9,11-12,17H,2-3,6-8,10H2,1H3,(H,18,19)/t11-,12+/m1/s1. The highest BCUT2D eigenvalue weighted by molar-refractivity contribution is 7.89. The van der Waals surface area contributed by atoms with Crippen LogP contribution in [-0.4, -0.2) is 52.9 Å². The molecule has 1 aromatic rings. The number of hydrogen-bond donors (Lipinski definition) is 2. The van der Waals surface area contributed by atoms with Gasteiger partial charge in [-0.15, -0.1) is 0 Å². The van der Waals surface area contributed by atoms with Crippen LogP contribution in [0.3, 0.4) is 0 Å². The zero-order valence-corrected chi connectivity index (χ0v) is 14.8. The van der Waals surface area contributed by atoms with Crippen LogP contribution in [0.4, 0.5) is 5.69 Å². The Balaban J connectivity index is 1.53. The van der Waals surface area contributed by atoms with Crippen molar-refractivity contribution in [3.05, 3.63) is 18.2 Å². The molecule has 8 nitrogen and oxygen atoms in total. The molecule has 3 rings (SSSR count). The summed E-state index contributed by atoms with van der Waals surface area (Å²) < 4.78 is 43.4. The molecule has 0 saturated carbocycles. The Kier molecular flexibility index (Phi) is 5.57. The Bertz CT molecular complexity index is 730. The highest BCUT2D eigenvalue weighted by Crippen LogP contribution is 2.31. The molecule has 2 aliphatic rings. The summed E-state index contributed by atoms with van der Waals surface area (Å²) in [6.07, 6.45) is 1.53. The molecule has 2 aliphatic heterocycles. The number of sulfonamides is 1. The lowest BCUT2D eigenvalue weighted by atomic mass is 10.2. The molecule has 0 aliphatic carbocycles. The fourth-order valence-electron chi connectivity index (χ4n) is 2.68. The van der Waals surface area contributed by atoms with Crippen molar-refractivity contribution in [2.24, 2.45) is 0 Å². The summed E-state index contributed by atoms with van der Waals surface area (Å²) in [6.45, 7) is 3.29. The number of benzene rings is 1. The zero-order chi connectivity index (χ0) is 17.9. The molecule has 1 amide bonds. The van der Waals surface area contributed by atoms with Crippen LogP contribution in [0.2, 0.25) is 0 Å². The van der Waals surface area contributed by atoms with E-state index in [9.17, 15) is 13.2 Å². The van der Waals surface area contributed by atoms with Gasteiger partial charge < -0.3 is 19.5 Å². The maximum Gasteiger partial charge on any atom is 0.265 e. The first-order valence-corrected chi connectivity index (χ1v) is 9.74. The molecule has 25 heavy (non-hydrogen) atoms. The van der Waals surface area contributed by atoms with Crippen molar-refractivity contribution in [2.75, 3.05) is 31.7 Å². The van der Waals surface area contributed by atoms with Gasteiger partial charge in [0.05, 0.1) is 29.9 Å². The normalized spacial score (nSPS) is 23.0. The molecule has 1 aromatic carbocycles. The van der Waals surface area contributed by atoms with Crippen LogP contribution in [0.15, 0.2) is 23.1 Å². The first-order valence-electron chi connectivity index (χ1n) is 8.26. The Labute approximate surface area is 146 Å². The molecular formula is C16H22N2O6S. The van der Waals surface area contributed by atoms with Gasteiger partial charge in [0.25, 0.3) is 5.91 Å². The maximum absolute atomic E-state index is 12.3. The van der Waals surface area contributed by atoms with Crippen LogP contribution in [0.1, 0.15) is 19.8 Å². The Morgan fingerprint density at radius 2 is 2.24 bits per heavy atom. The molecule has 9 heteroatoms. The number of nitrogens with one attached hydrogen (secondary N) is 2. The van der Waals surface area contributed by atoms with E-state index in [4.69, 9.17) is 14.2 Å². The Morgan fingerprint density at radius 1 is 1.40 bits per heavy atom. The molecule has 0 radical (unpaired) electrons. The van der Waals surface area contributed by atoms with Crippen LogP contribution in [0.5, 0.6) is 5.75 Å². The highest BCUT2D eigenvalue weighted by Gasteiger charge is 2.25. The number of anilines is 1. The molecule has 0 spiro atoms. The summed E-state index contributed by atoms with van der Waals surface area (Å²) in [6, 6.07) is 4.36. The minimum atomic E-state index is -3.69. The van der Waals surface area contributed by atoms with Crippen molar-refractivity contribution in [1.29, 1.82) is 0 Å². The second-order valence-corrected chi connectivity index (χ2v) is 7.78. The third kappa shape index (κ3) is 4.49. The van der Waals surface area contributed by atoms with Crippen molar-refractivity contribution < 1.29 is 27.4 Å². The number of amides is 1. The molecular weight excluding hydrogens is 348 g/mol. The van der Waals surface area contributed by atoms with Crippen LogP contribution >= 0.6 is 0 Å². The van der Waals surface area contributed by atoms with Crippen LogP contribution in [0.25, 0.3) is 0 Å². The number of fused-ring (bicyclic) bond motifs is 1. The summed E-state index contributed by atoms with van der Waals surface area (Å²) >= 11 is 0. The second-order valence-electron chi connectivity index (χ2n) is 6.02. The number of carbonyl (C=O) groups excluding carboxylic acids is 1. The first-order chi connectivity index (χ1) is 12.0. The van der Waals surface area contributed by atoms with Crippen molar-refractivity contribution in [2.45, 2.75) is 36.9 Å². The van der Waals surface area contributed by atoms with Gasteiger partial charge in [0, 0.05) is 13.2 Å². The summed E-state index contributed by atoms with van der Waals surface area (Å²) in [5.41, 5.74) is 0.348. The number of rotatable bonds is 7. The molecule has 2 heterocycles. The van der Waals surface area contributed by atoms with E-state index in [1.165, 1.54) is 18.2 Å². The molecule has 0 bridgehead atoms. The molecule has 2 atom stereocenters. The summed E-state index contributed by atoms with van der Waals surface area (Å²) in [5, 5.41) is 2.64. The fraction of sp³-hybridized carbons (Fsp3) is 0.562. The van der Waals surface area contributed by atoms with Gasteiger partial charge >= 0.3 is 0 Å². The quantitative estimate of drug-likeness (QED) is 0.691. The third-order valence-electron chi connectivity index (χ3n) is 4.06. The number of hydrogen-bond acceptors (Lipinski definition) is 6. The minimum Gasteiger partial charge on any atom is -0.479 e. The summed E-state index contributed by atoms with van der Waals surface area (Å²) in [4.78, 5) is 11.7. The van der Waals surface area contributed by atoms with E-state index in [2.05, 4.69) is 10.0 Å². The average Bonchev–Trinajstić information content (AvgIpc) is 3.08. The molecule has 2 N–H and O–H groups in total. The molecule has 0 unspecified atom stereocenters. The van der Waals surface area contributed by atoms with Crippen molar-refractivity contribution in [1.82, 2.24) is 4.72 Å².